The van der Waals surface area contributed by atoms with Crippen LogP contribution in [0.2, 0.25) is 0 Å². The Morgan fingerprint density at radius 3 is 2.89 bits per heavy atom. The van der Waals surface area contributed by atoms with Crippen LogP contribution in [0.5, 0.6) is 0 Å². The van der Waals surface area contributed by atoms with Crippen LogP contribution in [0, 0.1) is 0 Å². The van der Waals surface area contributed by atoms with E-state index in [2.05, 4.69) is 20.3 Å². The Hall–Kier alpha value is -2.69. The molecule has 0 unspecified atom stereocenters. The van der Waals surface area contributed by atoms with E-state index in [4.69, 9.17) is 0 Å². The number of benzene rings is 1. The van der Waals surface area contributed by atoms with Crippen LogP contribution in [0.3, 0.4) is 0 Å². The Labute approximate surface area is 109 Å². The minimum atomic E-state index is -0.0631. The molecule has 1 aromatic carbocycles. The summed E-state index contributed by atoms with van der Waals surface area (Å²) < 4.78 is 0. The van der Waals surface area contributed by atoms with Crippen LogP contribution in [0.15, 0.2) is 48.9 Å². The van der Waals surface area contributed by atoms with Crippen LogP contribution in [-0.2, 0) is 11.2 Å². The van der Waals surface area contributed by atoms with Crippen LogP contribution in [0.1, 0.15) is 5.56 Å². The maximum absolute atomic E-state index is 11.9. The van der Waals surface area contributed by atoms with Crippen LogP contribution < -0.4 is 5.32 Å². The van der Waals surface area contributed by atoms with Crippen molar-refractivity contribution in [1.82, 2.24) is 15.0 Å². The predicted octanol–water partition coefficient (Wildman–Crippen LogP) is 2.14. The number of hydrogen-bond donors (Lipinski definition) is 2. The number of aromatic amines is 1. The molecule has 1 amide bonds. The lowest BCUT2D eigenvalue weighted by atomic mass is 10.1. The number of rotatable bonds is 3. The standard InChI is InChI=1S/C14H12N4O/c19-13(6-10-4-2-1-3-5-10)18-11-7-12-14(15-8-11)17-9-16-12/h1-5,7-9H,6H2,(H,18,19)(H,15,16,17). The van der Waals surface area contributed by atoms with Crippen molar-refractivity contribution in [2.24, 2.45) is 0 Å². The van der Waals surface area contributed by atoms with E-state index in [1.165, 1.54) is 0 Å². The first-order chi connectivity index (χ1) is 9.31. The molecule has 0 fully saturated rings. The molecule has 0 spiro atoms. The number of anilines is 1. The number of H-pyrrole nitrogens is 1. The monoisotopic (exact) mass is 252 g/mol. The minimum absolute atomic E-state index is 0.0631. The molecule has 0 bridgehead atoms. The summed E-state index contributed by atoms with van der Waals surface area (Å²) in [4.78, 5) is 23.0. The molecule has 2 aromatic heterocycles. The van der Waals surface area contributed by atoms with Crippen molar-refractivity contribution < 1.29 is 4.79 Å². The Morgan fingerprint density at radius 1 is 1.21 bits per heavy atom. The van der Waals surface area contributed by atoms with E-state index < -0.39 is 0 Å². The summed E-state index contributed by atoms with van der Waals surface area (Å²) >= 11 is 0. The Balaban J connectivity index is 1.72. The molecule has 0 saturated carbocycles. The summed E-state index contributed by atoms with van der Waals surface area (Å²) in [5.74, 6) is -0.0631. The highest BCUT2D eigenvalue weighted by Gasteiger charge is 2.05. The maximum atomic E-state index is 11.9. The maximum Gasteiger partial charge on any atom is 0.228 e. The van der Waals surface area contributed by atoms with Crippen LogP contribution >= 0.6 is 0 Å². The summed E-state index contributed by atoms with van der Waals surface area (Å²) in [7, 11) is 0. The SMILES string of the molecule is O=C(Cc1ccccc1)Nc1cnc2nc[nH]c2c1. The largest absolute Gasteiger partial charge is 0.343 e. The minimum Gasteiger partial charge on any atom is -0.343 e. The van der Waals surface area contributed by atoms with Gasteiger partial charge in [0, 0.05) is 0 Å². The third kappa shape index (κ3) is 2.60. The Morgan fingerprint density at radius 2 is 2.05 bits per heavy atom. The zero-order valence-electron chi connectivity index (χ0n) is 10.1. The van der Waals surface area contributed by atoms with Crippen molar-refractivity contribution in [1.29, 1.82) is 0 Å². The van der Waals surface area contributed by atoms with Crippen molar-refractivity contribution in [3.8, 4) is 0 Å². The molecule has 0 aliphatic heterocycles. The fraction of sp³-hybridized carbons (Fsp3) is 0.0714. The van der Waals surface area contributed by atoms with Gasteiger partial charge in [-0.05, 0) is 11.6 Å². The number of imidazole rings is 1. The van der Waals surface area contributed by atoms with Gasteiger partial charge in [0.1, 0.15) is 0 Å². The van der Waals surface area contributed by atoms with Gasteiger partial charge in [-0.25, -0.2) is 9.97 Å². The molecule has 0 radical (unpaired) electrons. The third-order valence-electron chi connectivity index (χ3n) is 2.76. The molecule has 3 aromatic rings. The lowest BCUT2D eigenvalue weighted by Crippen LogP contribution is -2.14. The van der Waals surface area contributed by atoms with Crippen molar-refractivity contribution in [3.63, 3.8) is 0 Å². The molecule has 0 saturated heterocycles. The summed E-state index contributed by atoms with van der Waals surface area (Å²) in [6.07, 6.45) is 3.53. The zero-order valence-corrected chi connectivity index (χ0v) is 10.1. The van der Waals surface area contributed by atoms with Crippen LogP contribution in [0.25, 0.3) is 11.2 Å². The molecular formula is C14H12N4O. The summed E-state index contributed by atoms with van der Waals surface area (Å²) in [5, 5.41) is 2.82. The third-order valence-corrected chi connectivity index (χ3v) is 2.76. The second-order valence-electron chi connectivity index (χ2n) is 4.21. The van der Waals surface area contributed by atoms with Crippen molar-refractivity contribution in [3.05, 3.63) is 54.5 Å². The molecule has 19 heavy (non-hydrogen) atoms. The fourth-order valence-corrected chi connectivity index (χ4v) is 1.88. The molecule has 0 atom stereocenters. The number of aromatic nitrogens is 3. The van der Waals surface area contributed by atoms with Gasteiger partial charge in [-0.1, -0.05) is 30.3 Å². The number of fused-ring (bicyclic) bond motifs is 1. The van der Waals surface area contributed by atoms with Gasteiger partial charge in [-0.3, -0.25) is 4.79 Å². The van der Waals surface area contributed by atoms with Crippen molar-refractivity contribution in [2.45, 2.75) is 6.42 Å². The van der Waals surface area contributed by atoms with Gasteiger partial charge in [0.25, 0.3) is 0 Å². The van der Waals surface area contributed by atoms with Crippen LogP contribution in [-0.4, -0.2) is 20.9 Å². The highest BCUT2D eigenvalue weighted by atomic mass is 16.1. The van der Waals surface area contributed by atoms with Crippen molar-refractivity contribution >= 4 is 22.8 Å². The normalized spacial score (nSPS) is 10.5. The number of nitrogens with one attached hydrogen (secondary N) is 2. The quantitative estimate of drug-likeness (QED) is 0.750. The molecule has 2 heterocycles. The lowest BCUT2D eigenvalue weighted by molar-refractivity contribution is -0.115. The lowest BCUT2D eigenvalue weighted by Gasteiger charge is -2.04. The molecule has 0 aliphatic carbocycles. The first-order valence-corrected chi connectivity index (χ1v) is 5.94. The Kier molecular flexibility index (Phi) is 2.94. The first kappa shape index (κ1) is 11.4. The Bertz CT molecular complexity index is 706. The zero-order chi connectivity index (χ0) is 13.1. The number of pyridine rings is 1. The van der Waals surface area contributed by atoms with E-state index in [9.17, 15) is 4.79 Å². The van der Waals surface area contributed by atoms with Gasteiger partial charge >= 0.3 is 0 Å². The smallest absolute Gasteiger partial charge is 0.228 e. The van der Waals surface area contributed by atoms with Crippen LogP contribution in [0.4, 0.5) is 5.69 Å². The second kappa shape index (κ2) is 4.89. The summed E-state index contributed by atoms with van der Waals surface area (Å²) in [6, 6.07) is 11.4. The molecule has 2 N–H and O–H groups in total. The first-order valence-electron chi connectivity index (χ1n) is 5.94. The van der Waals surface area contributed by atoms with E-state index in [1.54, 1.807) is 12.5 Å². The highest BCUT2D eigenvalue weighted by Crippen LogP contribution is 2.13. The average molecular weight is 252 g/mol. The average Bonchev–Trinajstić information content (AvgIpc) is 2.87. The van der Waals surface area contributed by atoms with Crippen molar-refractivity contribution in [2.75, 3.05) is 5.32 Å². The molecule has 3 rings (SSSR count). The summed E-state index contributed by atoms with van der Waals surface area (Å²) in [6.45, 7) is 0. The van der Waals surface area contributed by atoms with E-state index in [0.717, 1.165) is 11.1 Å². The van der Waals surface area contributed by atoms with Gasteiger partial charge in [0.05, 0.1) is 30.1 Å². The van der Waals surface area contributed by atoms with E-state index in [0.29, 0.717) is 17.8 Å². The van der Waals surface area contributed by atoms with E-state index in [1.807, 2.05) is 36.4 Å². The molecule has 94 valence electrons. The topological polar surface area (TPSA) is 70.7 Å². The van der Waals surface area contributed by atoms with E-state index >= 15 is 0 Å². The van der Waals surface area contributed by atoms with Gasteiger partial charge in [0.2, 0.25) is 5.91 Å². The molecule has 5 heteroatoms. The number of hydrogen-bond acceptors (Lipinski definition) is 3. The second-order valence-corrected chi connectivity index (χ2v) is 4.21. The van der Waals surface area contributed by atoms with Gasteiger partial charge in [-0.2, -0.15) is 0 Å². The molecule has 5 nitrogen and oxygen atoms in total. The molecule has 0 aliphatic rings. The fourth-order valence-electron chi connectivity index (χ4n) is 1.88. The number of nitrogens with zero attached hydrogens (tertiary/aromatic N) is 2. The highest BCUT2D eigenvalue weighted by molar-refractivity contribution is 5.93. The van der Waals surface area contributed by atoms with E-state index in [-0.39, 0.29) is 5.91 Å². The van der Waals surface area contributed by atoms with Gasteiger partial charge in [0.15, 0.2) is 5.65 Å². The summed E-state index contributed by atoms with van der Waals surface area (Å²) in [5.41, 5.74) is 3.09. The predicted molar refractivity (Wildman–Crippen MR) is 72.7 cm³/mol. The van der Waals surface area contributed by atoms with Gasteiger partial charge < -0.3 is 10.3 Å². The molecular weight excluding hydrogens is 240 g/mol. The number of carbonyl (C=O) groups excluding carboxylic acids is 1. The number of carbonyl (C=O) groups is 1. The number of amides is 1. The van der Waals surface area contributed by atoms with Gasteiger partial charge in [-0.15, -0.1) is 0 Å².